The first-order valence-electron chi connectivity index (χ1n) is 2.15. The third kappa shape index (κ3) is 11.8. The van der Waals surface area contributed by atoms with Crippen LogP contribution in [0.2, 0.25) is 0 Å². The number of carbonyl (C=O) groups is 1. The van der Waals surface area contributed by atoms with Crippen molar-refractivity contribution in [2.75, 3.05) is 0 Å². The van der Waals surface area contributed by atoms with Crippen LogP contribution in [0.15, 0.2) is 0 Å². The van der Waals surface area contributed by atoms with Crippen LogP contribution in [0.3, 0.4) is 0 Å². The molecular weight excluding hydrogens is 133 g/mol. The van der Waals surface area contributed by atoms with Gasteiger partial charge >= 0.3 is 35.5 Å². The Hall–Kier alpha value is 0.390. The molecule has 0 aliphatic heterocycles. The van der Waals surface area contributed by atoms with E-state index in [4.69, 9.17) is 5.26 Å². The summed E-state index contributed by atoms with van der Waals surface area (Å²) in [5.74, 6) is -0.567. The molecule has 0 saturated carbocycles. The summed E-state index contributed by atoms with van der Waals surface area (Å²) in [5, 5.41) is 7.62. The van der Waals surface area contributed by atoms with Crippen LogP contribution in [-0.4, -0.2) is 40.8 Å². The van der Waals surface area contributed by atoms with Gasteiger partial charge in [0.15, 0.2) is 0 Å². The molecule has 0 radical (unpaired) electrons. The molecule has 0 aliphatic rings. The maximum absolute atomic E-state index is 9.94. The Balaban J connectivity index is -0.000000180. The van der Waals surface area contributed by atoms with Crippen molar-refractivity contribution in [2.24, 2.45) is 0 Å². The molecule has 0 bridgehead atoms. The molecule has 0 heterocycles. The zero-order valence-electron chi connectivity index (χ0n) is 4.89. The summed E-state index contributed by atoms with van der Waals surface area (Å²) >= 11 is 0. The molecule has 0 aromatic carbocycles. The van der Waals surface area contributed by atoms with Crippen molar-refractivity contribution in [1.82, 2.24) is 6.15 Å². The van der Waals surface area contributed by atoms with Crippen LogP contribution in [-0.2, 0) is 9.68 Å². The Morgan fingerprint density at radius 3 is 2.22 bits per heavy atom. The molecule has 0 amide bonds. The third-order valence-corrected chi connectivity index (χ3v) is 0.556. The molecular formula is C4H12NNaO3. The monoisotopic (exact) mass is 145 g/mol. The van der Waals surface area contributed by atoms with Gasteiger partial charge in [-0.2, -0.15) is 5.26 Å². The van der Waals surface area contributed by atoms with Crippen molar-refractivity contribution in [3.05, 3.63) is 0 Å². The predicted octanol–water partition coefficient (Wildman–Crippen LogP) is 0.316. The molecule has 4 N–H and O–H groups in total. The van der Waals surface area contributed by atoms with Gasteiger partial charge < -0.3 is 11.0 Å². The van der Waals surface area contributed by atoms with Crippen molar-refractivity contribution < 1.29 is 14.9 Å². The van der Waals surface area contributed by atoms with Crippen LogP contribution in [0, 0.1) is 0 Å². The molecule has 0 fully saturated rings. The zero-order chi connectivity index (χ0) is 5.70. The van der Waals surface area contributed by atoms with Gasteiger partial charge in [0, 0.05) is 6.42 Å². The van der Waals surface area contributed by atoms with E-state index >= 15 is 0 Å². The second-order valence-electron chi connectivity index (χ2n) is 1.21. The van der Waals surface area contributed by atoms with E-state index in [9.17, 15) is 4.79 Å². The molecule has 0 spiro atoms. The van der Waals surface area contributed by atoms with Crippen LogP contribution in [0.25, 0.3) is 0 Å². The standard InChI is InChI=1S/C4H8O3.H3N.Na.H/c1-2-3-4(5)7-6;;;/h6H,2-3H2,1H3;1H3;;. The van der Waals surface area contributed by atoms with E-state index in [1.54, 1.807) is 0 Å². The predicted molar refractivity (Wildman–Crippen MR) is 35.8 cm³/mol. The molecule has 0 unspecified atom stereocenters. The zero-order valence-corrected chi connectivity index (χ0v) is 4.89. The summed E-state index contributed by atoms with van der Waals surface area (Å²) in [4.78, 5) is 13.3. The first-order chi connectivity index (χ1) is 3.31. The summed E-state index contributed by atoms with van der Waals surface area (Å²) in [6.45, 7) is 1.83. The fraction of sp³-hybridized carbons (Fsp3) is 0.750. The molecule has 5 heteroatoms. The molecule has 4 nitrogen and oxygen atoms in total. The summed E-state index contributed by atoms with van der Waals surface area (Å²) in [6, 6.07) is 0. The molecule has 9 heavy (non-hydrogen) atoms. The van der Waals surface area contributed by atoms with E-state index in [-0.39, 0.29) is 42.1 Å². The second kappa shape index (κ2) is 11.2. The van der Waals surface area contributed by atoms with E-state index < -0.39 is 5.97 Å². The number of carbonyl (C=O) groups excluding carboxylic acids is 1. The van der Waals surface area contributed by atoms with Crippen LogP contribution < -0.4 is 6.15 Å². The third-order valence-electron chi connectivity index (χ3n) is 0.556. The van der Waals surface area contributed by atoms with Crippen molar-refractivity contribution in [1.29, 1.82) is 0 Å². The summed E-state index contributed by atoms with van der Waals surface area (Å²) < 4.78 is 0. The normalized spacial score (nSPS) is 6.44. The molecule has 0 saturated heterocycles. The second-order valence-corrected chi connectivity index (χ2v) is 1.21. The van der Waals surface area contributed by atoms with Gasteiger partial charge in [-0.15, -0.1) is 0 Å². The summed E-state index contributed by atoms with van der Waals surface area (Å²) in [6.07, 6.45) is 0.996. The van der Waals surface area contributed by atoms with Crippen LogP contribution >= 0.6 is 0 Å². The number of rotatable bonds is 2. The van der Waals surface area contributed by atoms with Crippen LogP contribution in [0.5, 0.6) is 0 Å². The Labute approximate surface area is 76.4 Å². The summed E-state index contributed by atoms with van der Waals surface area (Å²) in [5.41, 5.74) is 0. The van der Waals surface area contributed by atoms with Gasteiger partial charge in [0.25, 0.3) is 0 Å². The van der Waals surface area contributed by atoms with Gasteiger partial charge in [-0.25, -0.2) is 4.79 Å². The fourth-order valence-corrected chi connectivity index (χ4v) is 0.250. The van der Waals surface area contributed by atoms with Gasteiger partial charge in [-0.3, -0.25) is 0 Å². The Kier molecular flexibility index (Phi) is 20.2. The van der Waals surface area contributed by atoms with E-state index in [1.165, 1.54) is 0 Å². The Morgan fingerprint density at radius 1 is 1.67 bits per heavy atom. The van der Waals surface area contributed by atoms with Crippen molar-refractivity contribution in [3.63, 3.8) is 0 Å². The minimum atomic E-state index is -0.567. The number of hydrogen-bond acceptors (Lipinski definition) is 4. The van der Waals surface area contributed by atoms with E-state index in [0.717, 1.165) is 0 Å². The van der Waals surface area contributed by atoms with Crippen LogP contribution in [0.4, 0.5) is 0 Å². The van der Waals surface area contributed by atoms with E-state index in [1.807, 2.05) is 6.92 Å². The first-order valence-corrected chi connectivity index (χ1v) is 2.15. The fourth-order valence-electron chi connectivity index (χ4n) is 0.250. The van der Waals surface area contributed by atoms with Crippen LogP contribution in [0.1, 0.15) is 19.8 Å². The average Bonchev–Trinajstić information content (AvgIpc) is 1.68. The SMILES string of the molecule is CCCC(=O)OO.N.[NaH]. The molecule has 0 rings (SSSR count). The van der Waals surface area contributed by atoms with Crippen molar-refractivity contribution in [3.8, 4) is 0 Å². The topological polar surface area (TPSA) is 81.5 Å². The van der Waals surface area contributed by atoms with E-state index in [2.05, 4.69) is 4.89 Å². The van der Waals surface area contributed by atoms with E-state index in [0.29, 0.717) is 6.42 Å². The Morgan fingerprint density at radius 2 is 2.11 bits per heavy atom. The average molecular weight is 145 g/mol. The first kappa shape index (κ1) is 16.2. The van der Waals surface area contributed by atoms with Crippen molar-refractivity contribution >= 4 is 35.5 Å². The minimum absolute atomic E-state index is 0. The van der Waals surface area contributed by atoms with Gasteiger partial charge in [-0.05, 0) is 6.42 Å². The molecule has 0 aromatic rings. The van der Waals surface area contributed by atoms with Crippen molar-refractivity contribution in [2.45, 2.75) is 19.8 Å². The number of hydrogen-bond donors (Lipinski definition) is 2. The van der Waals surface area contributed by atoms with Gasteiger partial charge in [0.1, 0.15) is 0 Å². The Bertz CT molecular complexity index is 68.8. The van der Waals surface area contributed by atoms with Gasteiger partial charge in [-0.1, -0.05) is 6.92 Å². The van der Waals surface area contributed by atoms with Gasteiger partial charge in [0.05, 0.1) is 0 Å². The molecule has 0 atom stereocenters. The maximum atomic E-state index is 9.94. The molecule has 52 valence electrons. The molecule has 0 aromatic heterocycles. The molecule has 0 aliphatic carbocycles. The quantitative estimate of drug-likeness (QED) is 0.333. The van der Waals surface area contributed by atoms with Gasteiger partial charge in [0.2, 0.25) is 0 Å². The summed E-state index contributed by atoms with van der Waals surface area (Å²) in [7, 11) is 0.